The van der Waals surface area contributed by atoms with Crippen molar-refractivity contribution in [2.75, 3.05) is 11.4 Å². The van der Waals surface area contributed by atoms with E-state index in [1.54, 1.807) is 0 Å². The summed E-state index contributed by atoms with van der Waals surface area (Å²) in [6.07, 6.45) is 1.08. The first-order valence-electron chi connectivity index (χ1n) is 7.90. The molecule has 144 valence electrons. The predicted octanol–water partition coefficient (Wildman–Crippen LogP) is 3.75. The highest BCUT2D eigenvalue weighted by Crippen LogP contribution is 2.27. The number of halogens is 1. The number of ether oxygens (including phenoxy) is 1. The molecule has 0 saturated carbocycles. The van der Waals surface area contributed by atoms with Gasteiger partial charge in [0.2, 0.25) is 5.88 Å². The zero-order valence-corrected chi connectivity index (χ0v) is 15.3. The fraction of sp³-hybridized carbons (Fsp3) is 0.0556. The minimum absolute atomic E-state index is 0.0354. The summed E-state index contributed by atoms with van der Waals surface area (Å²) in [6, 6.07) is 13.3. The van der Waals surface area contributed by atoms with Crippen LogP contribution >= 0.6 is 0 Å². The molecule has 8 nitrogen and oxygen atoms in total. The van der Waals surface area contributed by atoms with Crippen molar-refractivity contribution < 1.29 is 22.5 Å². The summed E-state index contributed by atoms with van der Waals surface area (Å²) in [6.45, 7) is 0. The molecule has 0 aliphatic heterocycles. The molecule has 0 aliphatic rings. The molecule has 0 aliphatic carbocycles. The van der Waals surface area contributed by atoms with Crippen molar-refractivity contribution >= 4 is 21.4 Å². The molecular formula is C18H14FN3O5S. The second-order valence-electron chi connectivity index (χ2n) is 5.63. The van der Waals surface area contributed by atoms with Crippen molar-refractivity contribution in [2.45, 2.75) is 4.90 Å². The molecule has 0 saturated heterocycles. The minimum atomic E-state index is -3.84. The van der Waals surface area contributed by atoms with E-state index in [0.29, 0.717) is 11.4 Å². The van der Waals surface area contributed by atoms with E-state index >= 15 is 0 Å². The summed E-state index contributed by atoms with van der Waals surface area (Å²) < 4.78 is 44.8. The molecule has 0 atom stereocenters. The van der Waals surface area contributed by atoms with E-state index in [1.807, 2.05) is 0 Å². The largest absolute Gasteiger partial charge is 0.439 e. The number of nitro groups is 1. The van der Waals surface area contributed by atoms with Gasteiger partial charge in [0.15, 0.2) is 0 Å². The van der Waals surface area contributed by atoms with Crippen molar-refractivity contribution in [3.63, 3.8) is 0 Å². The lowest BCUT2D eigenvalue weighted by Crippen LogP contribution is -2.26. The van der Waals surface area contributed by atoms with E-state index in [1.165, 1.54) is 55.6 Å². The van der Waals surface area contributed by atoms with Crippen LogP contribution < -0.4 is 9.04 Å². The van der Waals surface area contributed by atoms with E-state index in [-0.39, 0.29) is 16.5 Å². The Morgan fingerprint density at radius 3 is 2.21 bits per heavy atom. The lowest BCUT2D eigenvalue weighted by atomic mass is 10.3. The number of hydrogen-bond donors (Lipinski definition) is 0. The molecule has 3 rings (SSSR count). The lowest BCUT2D eigenvalue weighted by molar-refractivity contribution is -0.385. The fourth-order valence-electron chi connectivity index (χ4n) is 2.29. The Morgan fingerprint density at radius 1 is 1.04 bits per heavy atom. The first-order valence-corrected chi connectivity index (χ1v) is 9.34. The van der Waals surface area contributed by atoms with Gasteiger partial charge in [-0.3, -0.25) is 14.4 Å². The molecule has 2 aromatic carbocycles. The van der Waals surface area contributed by atoms with Crippen LogP contribution in [0.2, 0.25) is 0 Å². The second-order valence-corrected chi connectivity index (χ2v) is 7.60. The van der Waals surface area contributed by atoms with Crippen LogP contribution in [0.5, 0.6) is 11.6 Å². The van der Waals surface area contributed by atoms with Gasteiger partial charge in [0.05, 0.1) is 15.5 Å². The molecule has 1 heterocycles. The second kappa shape index (κ2) is 7.61. The molecule has 0 amide bonds. The van der Waals surface area contributed by atoms with Crippen molar-refractivity contribution in [3.05, 3.63) is 82.8 Å². The fourth-order valence-corrected chi connectivity index (χ4v) is 3.48. The summed E-state index contributed by atoms with van der Waals surface area (Å²) in [5.74, 6) is 0.00581. The summed E-state index contributed by atoms with van der Waals surface area (Å²) in [7, 11) is -2.46. The maximum Gasteiger partial charge on any atom is 0.287 e. The van der Waals surface area contributed by atoms with Crippen LogP contribution in [0.15, 0.2) is 71.8 Å². The number of nitrogens with zero attached hydrogens (tertiary/aromatic N) is 3. The number of hydrogen-bond acceptors (Lipinski definition) is 6. The normalized spacial score (nSPS) is 11.1. The third kappa shape index (κ3) is 4.07. The van der Waals surface area contributed by atoms with Crippen molar-refractivity contribution in [2.24, 2.45) is 0 Å². The van der Waals surface area contributed by atoms with Gasteiger partial charge in [-0.1, -0.05) is 0 Å². The SMILES string of the molecule is CN(c1ccc(Oc2ccc([N+](=O)[O-])cn2)cc1)S(=O)(=O)c1ccc(F)cc1. The van der Waals surface area contributed by atoms with Gasteiger partial charge in [0, 0.05) is 19.2 Å². The summed E-state index contributed by atoms with van der Waals surface area (Å²) >= 11 is 0. The van der Waals surface area contributed by atoms with E-state index in [0.717, 1.165) is 22.6 Å². The Balaban J connectivity index is 1.76. The lowest BCUT2D eigenvalue weighted by Gasteiger charge is -2.19. The predicted molar refractivity (Wildman–Crippen MR) is 99.4 cm³/mol. The highest BCUT2D eigenvalue weighted by Gasteiger charge is 2.21. The number of sulfonamides is 1. The molecule has 0 N–H and O–H groups in total. The molecule has 3 aromatic rings. The summed E-state index contributed by atoms with van der Waals surface area (Å²) in [5, 5.41) is 10.6. The highest BCUT2D eigenvalue weighted by molar-refractivity contribution is 7.92. The van der Waals surface area contributed by atoms with E-state index < -0.39 is 20.8 Å². The molecular weight excluding hydrogens is 389 g/mol. The van der Waals surface area contributed by atoms with Crippen LogP contribution in [0.1, 0.15) is 0 Å². The van der Waals surface area contributed by atoms with Crippen LogP contribution in [0.3, 0.4) is 0 Å². The van der Waals surface area contributed by atoms with Gasteiger partial charge in [-0.25, -0.2) is 17.8 Å². The van der Waals surface area contributed by atoms with Gasteiger partial charge in [-0.05, 0) is 48.5 Å². The van der Waals surface area contributed by atoms with Gasteiger partial charge >= 0.3 is 0 Å². The van der Waals surface area contributed by atoms with E-state index in [4.69, 9.17) is 4.74 Å². The first-order chi connectivity index (χ1) is 13.3. The van der Waals surface area contributed by atoms with Crippen LogP contribution in [-0.4, -0.2) is 25.4 Å². The third-order valence-electron chi connectivity index (χ3n) is 3.83. The summed E-state index contributed by atoms with van der Waals surface area (Å²) in [4.78, 5) is 13.9. The number of benzene rings is 2. The average Bonchev–Trinajstić information content (AvgIpc) is 2.69. The number of anilines is 1. The number of aromatic nitrogens is 1. The summed E-state index contributed by atoms with van der Waals surface area (Å²) in [5.41, 5.74) is 0.212. The standard InChI is InChI=1S/C18H14FN3O5S/c1-21(28(25,26)17-9-2-13(19)3-10-17)14-4-7-16(8-5-14)27-18-11-6-15(12-20-18)22(23)24/h2-12H,1H3. The smallest absolute Gasteiger partial charge is 0.287 e. The highest BCUT2D eigenvalue weighted by atomic mass is 32.2. The molecule has 0 unspecified atom stereocenters. The Bertz CT molecular complexity index is 1090. The topological polar surface area (TPSA) is 103 Å². The maximum absolute atomic E-state index is 13.0. The first kappa shape index (κ1) is 19.2. The third-order valence-corrected chi connectivity index (χ3v) is 5.63. The molecule has 0 fully saturated rings. The van der Waals surface area contributed by atoms with Crippen LogP contribution in [0, 0.1) is 15.9 Å². The maximum atomic E-state index is 13.0. The Labute approximate surface area is 160 Å². The van der Waals surface area contributed by atoms with Gasteiger partial charge in [-0.15, -0.1) is 0 Å². The Morgan fingerprint density at radius 2 is 1.68 bits per heavy atom. The number of pyridine rings is 1. The molecule has 10 heteroatoms. The Hall–Kier alpha value is -3.53. The quantitative estimate of drug-likeness (QED) is 0.459. The van der Waals surface area contributed by atoms with E-state index in [2.05, 4.69) is 4.98 Å². The Kier molecular flexibility index (Phi) is 5.23. The van der Waals surface area contributed by atoms with Crippen molar-refractivity contribution in [1.82, 2.24) is 4.98 Å². The van der Waals surface area contributed by atoms with Gasteiger partial charge in [0.25, 0.3) is 15.7 Å². The molecule has 0 spiro atoms. The monoisotopic (exact) mass is 403 g/mol. The van der Waals surface area contributed by atoms with Crippen molar-refractivity contribution in [1.29, 1.82) is 0 Å². The van der Waals surface area contributed by atoms with E-state index in [9.17, 15) is 22.9 Å². The number of rotatable bonds is 6. The zero-order chi connectivity index (χ0) is 20.3. The molecule has 1 aromatic heterocycles. The van der Waals surface area contributed by atoms with Crippen LogP contribution in [0.25, 0.3) is 0 Å². The van der Waals surface area contributed by atoms with Gasteiger partial charge < -0.3 is 4.74 Å². The molecule has 0 radical (unpaired) electrons. The van der Waals surface area contributed by atoms with Crippen molar-refractivity contribution in [3.8, 4) is 11.6 Å². The van der Waals surface area contributed by atoms with Gasteiger partial charge in [-0.2, -0.15) is 0 Å². The van der Waals surface area contributed by atoms with Crippen LogP contribution in [-0.2, 0) is 10.0 Å². The van der Waals surface area contributed by atoms with Gasteiger partial charge in [0.1, 0.15) is 17.8 Å². The van der Waals surface area contributed by atoms with Crippen LogP contribution in [0.4, 0.5) is 15.8 Å². The molecule has 28 heavy (non-hydrogen) atoms. The average molecular weight is 403 g/mol. The molecule has 0 bridgehead atoms. The minimum Gasteiger partial charge on any atom is -0.439 e. The zero-order valence-electron chi connectivity index (χ0n) is 14.5.